The highest BCUT2D eigenvalue weighted by Gasteiger charge is 2.19. The van der Waals surface area contributed by atoms with Gasteiger partial charge in [0, 0.05) is 24.3 Å². The molecule has 1 saturated heterocycles. The van der Waals surface area contributed by atoms with Crippen LogP contribution >= 0.6 is 0 Å². The first-order valence-corrected chi connectivity index (χ1v) is 8.06. The topological polar surface area (TPSA) is 15.3 Å². The molecule has 0 saturated carbocycles. The first kappa shape index (κ1) is 15.4. The van der Waals surface area contributed by atoms with Crippen molar-refractivity contribution < 1.29 is 0 Å². The van der Waals surface area contributed by atoms with E-state index in [9.17, 15) is 0 Å². The van der Waals surface area contributed by atoms with E-state index in [1.165, 1.54) is 54.7 Å². The maximum Gasteiger partial charge on any atom is 0.0401 e. The number of benzene rings is 1. The Bertz CT molecular complexity index is 428. The third-order valence-corrected chi connectivity index (χ3v) is 4.52. The van der Waals surface area contributed by atoms with Gasteiger partial charge in [-0.15, -0.1) is 0 Å². The predicted octanol–water partition coefficient (Wildman–Crippen LogP) is 4.29. The SMILES string of the molecule is Cc1cc(C)c(NC2CCCN(C(C)C)CC2)c(C)c1. The van der Waals surface area contributed by atoms with Crippen LogP contribution in [0.15, 0.2) is 12.1 Å². The maximum atomic E-state index is 3.82. The van der Waals surface area contributed by atoms with Crippen molar-refractivity contribution in [1.29, 1.82) is 0 Å². The molecule has 1 heterocycles. The molecule has 1 aromatic rings. The van der Waals surface area contributed by atoms with Gasteiger partial charge in [0.05, 0.1) is 0 Å². The molecule has 0 bridgehead atoms. The summed E-state index contributed by atoms with van der Waals surface area (Å²) in [6.45, 7) is 13.7. The average molecular weight is 274 g/mol. The molecule has 112 valence electrons. The van der Waals surface area contributed by atoms with Crippen LogP contribution in [0.25, 0.3) is 0 Å². The summed E-state index contributed by atoms with van der Waals surface area (Å²) in [5.74, 6) is 0. The number of nitrogens with zero attached hydrogens (tertiary/aromatic N) is 1. The first-order valence-electron chi connectivity index (χ1n) is 8.06. The van der Waals surface area contributed by atoms with Crippen LogP contribution in [0.5, 0.6) is 0 Å². The Hall–Kier alpha value is -1.02. The van der Waals surface area contributed by atoms with Gasteiger partial charge in [-0.1, -0.05) is 17.7 Å². The second-order valence-corrected chi connectivity index (χ2v) is 6.68. The predicted molar refractivity (Wildman–Crippen MR) is 88.6 cm³/mol. The van der Waals surface area contributed by atoms with Gasteiger partial charge in [0.1, 0.15) is 0 Å². The molecule has 1 atom stereocenters. The van der Waals surface area contributed by atoms with Gasteiger partial charge in [-0.3, -0.25) is 0 Å². The normalized spacial score (nSPS) is 21.0. The highest BCUT2D eigenvalue weighted by molar-refractivity contribution is 5.58. The van der Waals surface area contributed by atoms with E-state index in [2.05, 4.69) is 57.0 Å². The molecule has 0 amide bonds. The molecule has 1 aromatic carbocycles. The van der Waals surface area contributed by atoms with Crippen molar-refractivity contribution in [2.24, 2.45) is 0 Å². The summed E-state index contributed by atoms with van der Waals surface area (Å²) in [7, 11) is 0. The van der Waals surface area contributed by atoms with Gasteiger partial charge in [-0.05, 0) is 71.6 Å². The molecule has 0 aromatic heterocycles. The van der Waals surface area contributed by atoms with Crippen LogP contribution in [-0.2, 0) is 0 Å². The van der Waals surface area contributed by atoms with Crippen molar-refractivity contribution in [2.45, 2.75) is 66.0 Å². The summed E-state index contributed by atoms with van der Waals surface area (Å²) in [6.07, 6.45) is 3.85. The van der Waals surface area contributed by atoms with Gasteiger partial charge in [0.2, 0.25) is 0 Å². The van der Waals surface area contributed by atoms with Gasteiger partial charge >= 0.3 is 0 Å². The van der Waals surface area contributed by atoms with E-state index in [-0.39, 0.29) is 0 Å². The van der Waals surface area contributed by atoms with E-state index < -0.39 is 0 Å². The minimum atomic E-state index is 0.624. The van der Waals surface area contributed by atoms with Crippen LogP contribution in [0.1, 0.15) is 49.8 Å². The van der Waals surface area contributed by atoms with Crippen LogP contribution < -0.4 is 5.32 Å². The third-order valence-electron chi connectivity index (χ3n) is 4.52. The summed E-state index contributed by atoms with van der Waals surface area (Å²) in [5.41, 5.74) is 5.48. The second kappa shape index (κ2) is 6.62. The van der Waals surface area contributed by atoms with Crippen LogP contribution in [0.2, 0.25) is 0 Å². The fourth-order valence-electron chi connectivity index (χ4n) is 3.39. The summed E-state index contributed by atoms with van der Waals surface area (Å²) in [5, 5.41) is 3.82. The first-order chi connectivity index (χ1) is 9.47. The molecule has 0 radical (unpaired) electrons. The van der Waals surface area contributed by atoms with Crippen molar-refractivity contribution in [1.82, 2.24) is 4.90 Å². The molecule has 20 heavy (non-hydrogen) atoms. The molecule has 1 aliphatic heterocycles. The van der Waals surface area contributed by atoms with E-state index >= 15 is 0 Å². The summed E-state index contributed by atoms with van der Waals surface area (Å²) < 4.78 is 0. The molecule has 1 unspecified atom stereocenters. The fourth-order valence-corrected chi connectivity index (χ4v) is 3.39. The molecule has 0 spiro atoms. The minimum Gasteiger partial charge on any atom is -0.382 e. The number of likely N-dealkylation sites (tertiary alicyclic amines) is 1. The van der Waals surface area contributed by atoms with Crippen molar-refractivity contribution in [3.63, 3.8) is 0 Å². The van der Waals surface area contributed by atoms with Crippen molar-refractivity contribution in [3.8, 4) is 0 Å². The highest BCUT2D eigenvalue weighted by atomic mass is 15.1. The van der Waals surface area contributed by atoms with Gasteiger partial charge in [0.25, 0.3) is 0 Å². The van der Waals surface area contributed by atoms with E-state index in [4.69, 9.17) is 0 Å². The molecule has 2 rings (SSSR count). The van der Waals surface area contributed by atoms with E-state index in [1.54, 1.807) is 0 Å². The largest absolute Gasteiger partial charge is 0.382 e. The zero-order valence-electron chi connectivity index (χ0n) is 13.8. The average Bonchev–Trinajstić information content (AvgIpc) is 2.59. The molecule has 2 nitrogen and oxygen atoms in total. The van der Waals surface area contributed by atoms with E-state index in [0.717, 1.165) is 0 Å². The van der Waals surface area contributed by atoms with Crippen LogP contribution in [0.3, 0.4) is 0 Å². The summed E-state index contributed by atoms with van der Waals surface area (Å²) >= 11 is 0. The number of rotatable bonds is 3. The zero-order valence-corrected chi connectivity index (χ0v) is 13.8. The van der Waals surface area contributed by atoms with Crippen LogP contribution in [-0.4, -0.2) is 30.1 Å². The lowest BCUT2D eigenvalue weighted by molar-refractivity contribution is 0.230. The quantitative estimate of drug-likeness (QED) is 0.884. The number of nitrogens with one attached hydrogen (secondary N) is 1. The van der Waals surface area contributed by atoms with Gasteiger partial charge in [0.15, 0.2) is 0 Å². The second-order valence-electron chi connectivity index (χ2n) is 6.68. The third kappa shape index (κ3) is 3.76. The number of hydrogen-bond donors (Lipinski definition) is 1. The standard InChI is InChI=1S/C18H30N2/c1-13(2)20-9-6-7-17(8-10-20)19-18-15(4)11-14(3)12-16(18)5/h11-13,17,19H,6-10H2,1-5H3. The number of aryl methyl sites for hydroxylation is 3. The lowest BCUT2D eigenvalue weighted by Gasteiger charge is -2.25. The molecule has 1 fully saturated rings. The minimum absolute atomic E-state index is 0.624. The lowest BCUT2D eigenvalue weighted by atomic mass is 10.0. The number of hydrogen-bond acceptors (Lipinski definition) is 2. The molecule has 1 aliphatic rings. The van der Waals surface area contributed by atoms with Gasteiger partial charge in [-0.25, -0.2) is 0 Å². The zero-order chi connectivity index (χ0) is 14.7. The van der Waals surface area contributed by atoms with Crippen molar-refractivity contribution >= 4 is 5.69 Å². The van der Waals surface area contributed by atoms with E-state index in [1.807, 2.05) is 0 Å². The molecule has 2 heteroatoms. The smallest absolute Gasteiger partial charge is 0.0401 e. The Morgan fingerprint density at radius 3 is 2.30 bits per heavy atom. The maximum absolute atomic E-state index is 3.82. The van der Waals surface area contributed by atoms with Gasteiger partial charge in [-0.2, -0.15) is 0 Å². The highest BCUT2D eigenvalue weighted by Crippen LogP contribution is 2.25. The fraction of sp³-hybridized carbons (Fsp3) is 0.667. The van der Waals surface area contributed by atoms with Crippen molar-refractivity contribution in [2.75, 3.05) is 18.4 Å². The Morgan fingerprint density at radius 1 is 1.05 bits per heavy atom. The van der Waals surface area contributed by atoms with Crippen LogP contribution in [0.4, 0.5) is 5.69 Å². The van der Waals surface area contributed by atoms with Crippen molar-refractivity contribution in [3.05, 3.63) is 28.8 Å². The lowest BCUT2D eigenvalue weighted by Crippen LogP contribution is -2.32. The monoisotopic (exact) mass is 274 g/mol. The van der Waals surface area contributed by atoms with E-state index in [0.29, 0.717) is 12.1 Å². The molecule has 0 aliphatic carbocycles. The van der Waals surface area contributed by atoms with Crippen LogP contribution in [0, 0.1) is 20.8 Å². The Labute approximate surface area is 124 Å². The molecular formula is C18H30N2. The summed E-state index contributed by atoms with van der Waals surface area (Å²) in [6, 6.07) is 5.87. The Morgan fingerprint density at radius 2 is 1.70 bits per heavy atom. The van der Waals surface area contributed by atoms with Gasteiger partial charge < -0.3 is 10.2 Å². The summed E-state index contributed by atoms with van der Waals surface area (Å²) in [4.78, 5) is 2.61. The Balaban J connectivity index is 2.04. The molecule has 1 N–H and O–H groups in total. The number of anilines is 1. The Kier molecular flexibility index (Phi) is 5.09. The molecular weight excluding hydrogens is 244 g/mol.